The van der Waals surface area contributed by atoms with Gasteiger partial charge in [-0.1, -0.05) is 6.07 Å². The Kier molecular flexibility index (Phi) is 3.03. The Morgan fingerprint density at radius 2 is 2.23 bits per heavy atom. The van der Waals surface area contributed by atoms with Crippen molar-refractivity contribution in [2.24, 2.45) is 0 Å². The lowest BCUT2D eigenvalue weighted by Gasteiger charge is -2.12. The van der Waals surface area contributed by atoms with Crippen LogP contribution in [-0.4, -0.2) is 19.7 Å². The molecule has 1 aliphatic carbocycles. The summed E-state index contributed by atoms with van der Waals surface area (Å²) < 4.78 is 28.7. The molecular weight excluding hydrogens is 286 g/mol. The third-order valence-electron chi connectivity index (χ3n) is 4.24. The van der Waals surface area contributed by atoms with Crippen molar-refractivity contribution in [2.75, 3.05) is 0 Å². The largest absolute Gasteiger partial charge is 0.348 e. The van der Waals surface area contributed by atoms with E-state index >= 15 is 0 Å². The predicted molar refractivity (Wildman–Crippen MR) is 76.4 cm³/mol. The van der Waals surface area contributed by atoms with Crippen molar-refractivity contribution < 1.29 is 8.78 Å². The number of aromatic nitrogens is 4. The molecule has 1 aliphatic rings. The quantitative estimate of drug-likeness (QED) is 0.808. The van der Waals surface area contributed by atoms with Crippen LogP contribution in [0.4, 0.5) is 8.78 Å². The first-order chi connectivity index (χ1) is 10.7. The van der Waals surface area contributed by atoms with Crippen LogP contribution in [0.5, 0.6) is 0 Å². The third-order valence-corrected chi connectivity index (χ3v) is 4.24. The lowest BCUT2D eigenvalue weighted by molar-refractivity contribution is 0.577. The molecule has 0 saturated heterocycles. The molecule has 1 atom stereocenters. The first-order valence-corrected chi connectivity index (χ1v) is 7.20. The molecule has 6 heteroatoms. The predicted octanol–water partition coefficient (Wildman–Crippen LogP) is 3.01. The minimum Gasteiger partial charge on any atom is -0.348 e. The summed E-state index contributed by atoms with van der Waals surface area (Å²) in [5.74, 6) is 0.386. The summed E-state index contributed by atoms with van der Waals surface area (Å²) in [5, 5.41) is 3.90. The molecule has 4 nitrogen and oxygen atoms in total. The van der Waals surface area contributed by atoms with Gasteiger partial charge >= 0.3 is 0 Å². The van der Waals surface area contributed by atoms with Gasteiger partial charge < -0.3 is 4.98 Å². The summed E-state index contributed by atoms with van der Waals surface area (Å²) in [6.07, 6.45) is 7.61. The summed E-state index contributed by atoms with van der Waals surface area (Å²) >= 11 is 0. The number of imidazole rings is 1. The van der Waals surface area contributed by atoms with Crippen LogP contribution in [0.2, 0.25) is 0 Å². The van der Waals surface area contributed by atoms with Crippen LogP contribution in [0.3, 0.4) is 0 Å². The van der Waals surface area contributed by atoms with E-state index in [1.54, 1.807) is 12.4 Å². The van der Waals surface area contributed by atoms with Crippen molar-refractivity contribution >= 4 is 0 Å². The number of H-pyrrole nitrogens is 1. The van der Waals surface area contributed by atoms with Gasteiger partial charge in [-0.15, -0.1) is 0 Å². The molecule has 1 N–H and O–H groups in total. The van der Waals surface area contributed by atoms with E-state index in [0.717, 1.165) is 36.0 Å². The molecule has 0 fully saturated rings. The van der Waals surface area contributed by atoms with Gasteiger partial charge in [-0.2, -0.15) is 5.10 Å². The van der Waals surface area contributed by atoms with Crippen molar-refractivity contribution in [1.82, 2.24) is 19.7 Å². The Bertz CT molecular complexity index is 808. The SMILES string of the molecule is Fc1cnn(Cc2c(F)ccc3c2CCC3c2ncc[nH]2)c1. The average Bonchev–Trinajstić information content (AvgIpc) is 3.22. The van der Waals surface area contributed by atoms with Gasteiger partial charge in [-0.25, -0.2) is 13.8 Å². The Morgan fingerprint density at radius 3 is 2.95 bits per heavy atom. The number of aromatic amines is 1. The van der Waals surface area contributed by atoms with Crippen LogP contribution < -0.4 is 0 Å². The number of hydrogen-bond acceptors (Lipinski definition) is 2. The highest BCUT2D eigenvalue weighted by atomic mass is 19.1. The van der Waals surface area contributed by atoms with Gasteiger partial charge in [0.2, 0.25) is 0 Å². The Balaban J connectivity index is 1.74. The number of nitrogens with zero attached hydrogens (tertiary/aromatic N) is 3. The van der Waals surface area contributed by atoms with Crippen molar-refractivity contribution in [2.45, 2.75) is 25.3 Å². The van der Waals surface area contributed by atoms with Crippen LogP contribution in [-0.2, 0) is 13.0 Å². The van der Waals surface area contributed by atoms with Gasteiger partial charge in [-0.3, -0.25) is 4.68 Å². The molecule has 1 unspecified atom stereocenters. The van der Waals surface area contributed by atoms with E-state index < -0.39 is 5.82 Å². The summed E-state index contributed by atoms with van der Waals surface area (Å²) in [5.41, 5.74) is 2.69. The fraction of sp³-hybridized carbons (Fsp3) is 0.250. The first-order valence-electron chi connectivity index (χ1n) is 7.20. The normalized spacial score (nSPS) is 16.9. The Labute approximate surface area is 125 Å². The second-order valence-electron chi connectivity index (χ2n) is 5.52. The molecule has 2 heterocycles. The summed E-state index contributed by atoms with van der Waals surface area (Å²) in [6, 6.07) is 3.31. The van der Waals surface area contributed by atoms with Gasteiger partial charge in [0.1, 0.15) is 11.6 Å². The molecule has 0 radical (unpaired) electrons. The van der Waals surface area contributed by atoms with Crippen molar-refractivity contribution in [3.8, 4) is 0 Å². The number of hydrogen-bond donors (Lipinski definition) is 1. The first kappa shape index (κ1) is 13.2. The molecule has 4 rings (SSSR count). The molecule has 3 aromatic rings. The fourth-order valence-electron chi connectivity index (χ4n) is 3.26. The van der Waals surface area contributed by atoms with E-state index in [9.17, 15) is 8.78 Å². The summed E-state index contributed by atoms with van der Waals surface area (Å²) in [6.45, 7) is 0.240. The number of nitrogens with one attached hydrogen (secondary N) is 1. The van der Waals surface area contributed by atoms with Crippen LogP contribution in [0.25, 0.3) is 0 Å². The minimum atomic E-state index is -0.415. The van der Waals surface area contributed by atoms with E-state index in [1.165, 1.54) is 16.9 Å². The summed E-state index contributed by atoms with van der Waals surface area (Å²) in [7, 11) is 0. The van der Waals surface area contributed by atoms with E-state index in [0.29, 0.717) is 5.56 Å². The smallest absolute Gasteiger partial charge is 0.161 e. The highest BCUT2D eigenvalue weighted by Gasteiger charge is 2.29. The van der Waals surface area contributed by atoms with Crippen LogP contribution >= 0.6 is 0 Å². The highest BCUT2D eigenvalue weighted by molar-refractivity contribution is 5.44. The molecule has 0 amide bonds. The second-order valence-corrected chi connectivity index (χ2v) is 5.52. The standard InChI is InChI=1S/C16H14F2N4/c17-10-7-21-22(8-10)9-14-12-1-2-13(16-19-5-6-20-16)11(12)3-4-15(14)18/h3-8,13H,1-2,9H2,(H,19,20). The van der Waals surface area contributed by atoms with Gasteiger partial charge in [0.05, 0.1) is 18.9 Å². The number of rotatable bonds is 3. The van der Waals surface area contributed by atoms with Crippen LogP contribution in [0.1, 0.15) is 34.9 Å². The number of fused-ring (bicyclic) bond motifs is 1. The summed E-state index contributed by atoms with van der Waals surface area (Å²) in [4.78, 5) is 7.46. The lowest BCUT2D eigenvalue weighted by Crippen LogP contribution is -2.07. The topological polar surface area (TPSA) is 46.5 Å². The zero-order chi connectivity index (χ0) is 15.1. The van der Waals surface area contributed by atoms with Crippen molar-refractivity contribution in [1.29, 1.82) is 0 Å². The fourth-order valence-corrected chi connectivity index (χ4v) is 3.26. The zero-order valence-electron chi connectivity index (χ0n) is 11.8. The maximum Gasteiger partial charge on any atom is 0.161 e. The molecule has 0 spiro atoms. The van der Waals surface area contributed by atoms with Gasteiger partial charge in [0.25, 0.3) is 0 Å². The van der Waals surface area contributed by atoms with Gasteiger partial charge in [-0.05, 0) is 30.0 Å². The second kappa shape index (κ2) is 5.05. The molecule has 22 heavy (non-hydrogen) atoms. The molecular formula is C16H14F2N4. The molecule has 1 aromatic carbocycles. The average molecular weight is 300 g/mol. The molecule has 2 aromatic heterocycles. The van der Waals surface area contributed by atoms with Crippen molar-refractivity contribution in [3.05, 3.63) is 71.1 Å². The zero-order valence-corrected chi connectivity index (χ0v) is 11.8. The van der Waals surface area contributed by atoms with Gasteiger partial charge in [0.15, 0.2) is 5.82 Å². The monoisotopic (exact) mass is 300 g/mol. The molecule has 0 aliphatic heterocycles. The Morgan fingerprint density at radius 1 is 1.32 bits per heavy atom. The number of benzene rings is 1. The van der Waals surface area contributed by atoms with E-state index in [2.05, 4.69) is 15.1 Å². The van der Waals surface area contributed by atoms with Crippen LogP contribution in [0.15, 0.2) is 36.9 Å². The van der Waals surface area contributed by atoms with Crippen molar-refractivity contribution in [3.63, 3.8) is 0 Å². The highest BCUT2D eigenvalue weighted by Crippen LogP contribution is 2.39. The van der Waals surface area contributed by atoms with E-state index in [1.807, 2.05) is 6.07 Å². The lowest BCUT2D eigenvalue weighted by atomic mass is 9.97. The Hall–Kier alpha value is -2.50. The number of halogens is 2. The maximum absolute atomic E-state index is 14.2. The van der Waals surface area contributed by atoms with Crippen LogP contribution in [0, 0.1) is 11.6 Å². The minimum absolute atomic E-state index is 0.165. The van der Waals surface area contributed by atoms with E-state index in [-0.39, 0.29) is 18.3 Å². The third kappa shape index (κ3) is 2.11. The van der Waals surface area contributed by atoms with Gasteiger partial charge in [0, 0.05) is 23.9 Å². The molecule has 0 saturated carbocycles. The molecule has 112 valence electrons. The van der Waals surface area contributed by atoms with E-state index in [4.69, 9.17) is 0 Å². The molecule has 0 bridgehead atoms. The maximum atomic E-state index is 14.2.